The molecule has 0 N–H and O–H groups in total. The second kappa shape index (κ2) is 11.1. The predicted octanol–water partition coefficient (Wildman–Crippen LogP) is 4.90. The molecule has 4 fully saturated rings. The van der Waals surface area contributed by atoms with Crippen LogP contribution in [-0.4, -0.2) is 63.6 Å². The molecule has 1 heterocycles. The van der Waals surface area contributed by atoms with Crippen LogP contribution in [0.1, 0.15) is 96.8 Å². The first-order chi connectivity index (χ1) is 14.2. The van der Waals surface area contributed by atoms with Gasteiger partial charge in [0.05, 0.1) is 11.4 Å². The van der Waals surface area contributed by atoms with E-state index < -0.39 is 11.1 Å². The van der Waals surface area contributed by atoms with E-state index in [0.717, 1.165) is 37.6 Å². The molecule has 0 aromatic rings. The Balaban J connectivity index is 1.16. The second-order valence-corrected chi connectivity index (χ2v) is 11.6. The van der Waals surface area contributed by atoms with E-state index in [1.165, 1.54) is 90.4 Å². The van der Waals surface area contributed by atoms with Gasteiger partial charge in [0.15, 0.2) is 11.1 Å². The van der Waals surface area contributed by atoms with E-state index in [1.54, 1.807) is 0 Å². The lowest BCUT2D eigenvalue weighted by Crippen LogP contribution is -2.54. The van der Waals surface area contributed by atoms with E-state index >= 15 is 0 Å². The molecule has 2 unspecified atom stereocenters. The van der Waals surface area contributed by atoms with Crippen LogP contribution in [0.25, 0.3) is 0 Å². The average molecular weight is 425 g/mol. The Hall–Kier alpha value is 0.0300. The van der Waals surface area contributed by atoms with Gasteiger partial charge < -0.3 is 0 Å². The van der Waals surface area contributed by atoms with E-state index in [-0.39, 0.29) is 6.10 Å². The van der Waals surface area contributed by atoms with Crippen molar-refractivity contribution >= 4 is 11.1 Å². The minimum Gasteiger partial charge on any atom is -0.298 e. The Morgan fingerprint density at radius 3 is 1.97 bits per heavy atom. The SMILES string of the molecule is CC(C1CCC(OS(=O)C2CCCCC2)CC1)N1CCN(C2CCCCC2)CC1. The molecule has 3 aliphatic carbocycles. The number of rotatable bonds is 6. The third kappa shape index (κ3) is 6.05. The first kappa shape index (κ1) is 22.2. The summed E-state index contributed by atoms with van der Waals surface area (Å²) in [5.74, 6) is 0.791. The molecule has 0 bridgehead atoms. The fourth-order valence-corrected chi connectivity index (χ4v) is 7.73. The second-order valence-electron chi connectivity index (χ2n) is 10.3. The van der Waals surface area contributed by atoms with Crippen LogP contribution in [0.3, 0.4) is 0 Å². The highest BCUT2D eigenvalue weighted by Crippen LogP contribution is 2.33. The maximum Gasteiger partial charge on any atom is 0.158 e. The lowest BCUT2D eigenvalue weighted by Gasteiger charge is -2.45. The molecule has 3 saturated carbocycles. The van der Waals surface area contributed by atoms with E-state index in [2.05, 4.69) is 16.7 Å². The summed E-state index contributed by atoms with van der Waals surface area (Å²) in [5.41, 5.74) is 0. The number of hydrogen-bond donors (Lipinski definition) is 0. The fraction of sp³-hybridized carbons (Fsp3) is 1.00. The fourth-order valence-electron chi connectivity index (χ4n) is 6.39. The topological polar surface area (TPSA) is 32.8 Å². The Bertz CT molecular complexity index is 503. The molecule has 0 spiro atoms. The van der Waals surface area contributed by atoms with Gasteiger partial charge >= 0.3 is 0 Å². The number of nitrogens with zero attached hydrogens (tertiary/aromatic N) is 2. The van der Waals surface area contributed by atoms with E-state index in [9.17, 15) is 4.21 Å². The molecule has 0 radical (unpaired) electrons. The summed E-state index contributed by atoms with van der Waals surface area (Å²) in [6, 6.07) is 1.56. The summed E-state index contributed by atoms with van der Waals surface area (Å²) >= 11 is -1.05. The third-order valence-electron chi connectivity index (χ3n) is 8.47. The molecule has 168 valence electrons. The number of hydrogen-bond acceptors (Lipinski definition) is 4. The van der Waals surface area contributed by atoms with Crippen LogP contribution in [0.5, 0.6) is 0 Å². The van der Waals surface area contributed by atoms with Gasteiger partial charge in [0, 0.05) is 38.3 Å². The average Bonchev–Trinajstić information content (AvgIpc) is 2.80. The van der Waals surface area contributed by atoms with Crippen LogP contribution in [-0.2, 0) is 15.3 Å². The summed E-state index contributed by atoms with van der Waals surface area (Å²) in [6.45, 7) is 7.50. The van der Waals surface area contributed by atoms with E-state index in [1.807, 2.05) is 0 Å². The quantitative estimate of drug-likeness (QED) is 0.607. The Morgan fingerprint density at radius 1 is 0.759 bits per heavy atom. The predicted molar refractivity (Wildman–Crippen MR) is 121 cm³/mol. The molecule has 4 aliphatic rings. The van der Waals surface area contributed by atoms with Crippen molar-refractivity contribution in [3.05, 3.63) is 0 Å². The largest absolute Gasteiger partial charge is 0.298 e. The molecule has 4 nitrogen and oxygen atoms in total. The summed E-state index contributed by atoms with van der Waals surface area (Å²) in [6.07, 6.45) is 18.1. The molecular weight excluding hydrogens is 380 g/mol. The van der Waals surface area contributed by atoms with Crippen LogP contribution in [0.15, 0.2) is 0 Å². The molecule has 0 aromatic heterocycles. The van der Waals surface area contributed by atoms with Crippen molar-refractivity contribution in [2.24, 2.45) is 5.92 Å². The highest BCUT2D eigenvalue weighted by Gasteiger charge is 2.33. The minimum atomic E-state index is -1.05. The van der Waals surface area contributed by atoms with Crippen LogP contribution in [0.4, 0.5) is 0 Å². The van der Waals surface area contributed by atoms with E-state index in [4.69, 9.17) is 4.18 Å². The van der Waals surface area contributed by atoms with Gasteiger partial charge in [-0.1, -0.05) is 38.5 Å². The smallest absolute Gasteiger partial charge is 0.158 e. The Kier molecular flexibility index (Phi) is 8.48. The van der Waals surface area contributed by atoms with Crippen molar-refractivity contribution in [1.29, 1.82) is 0 Å². The summed E-state index contributed by atoms with van der Waals surface area (Å²) in [5, 5.41) is 0.306. The monoisotopic (exact) mass is 424 g/mol. The van der Waals surface area contributed by atoms with Crippen molar-refractivity contribution < 1.29 is 8.39 Å². The highest BCUT2D eigenvalue weighted by molar-refractivity contribution is 7.80. The van der Waals surface area contributed by atoms with Crippen molar-refractivity contribution in [2.75, 3.05) is 26.2 Å². The zero-order chi connectivity index (χ0) is 20.1. The van der Waals surface area contributed by atoms with E-state index in [0.29, 0.717) is 11.3 Å². The molecule has 29 heavy (non-hydrogen) atoms. The maximum absolute atomic E-state index is 12.6. The molecule has 0 amide bonds. The number of piperazine rings is 1. The Labute approximate surface area is 181 Å². The molecule has 2 atom stereocenters. The molecule has 5 heteroatoms. The lowest BCUT2D eigenvalue weighted by molar-refractivity contribution is 0.0298. The van der Waals surface area contributed by atoms with Gasteiger partial charge in [0.25, 0.3) is 0 Å². The van der Waals surface area contributed by atoms with Crippen LogP contribution in [0.2, 0.25) is 0 Å². The summed E-state index contributed by atoms with van der Waals surface area (Å²) in [4.78, 5) is 5.54. The first-order valence-corrected chi connectivity index (χ1v) is 13.9. The zero-order valence-corrected chi connectivity index (χ0v) is 19.6. The van der Waals surface area contributed by atoms with Crippen molar-refractivity contribution in [1.82, 2.24) is 9.80 Å². The maximum atomic E-state index is 12.6. The van der Waals surface area contributed by atoms with Crippen molar-refractivity contribution in [2.45, 2.75) is 120 Å². The van der Waals surface area contributed by atoms with Gasteiger partial charge in [-0.3, -0.25) is 14.0 Å². The molecule has 1 saturated heterocycles. The van der Waals surface area contributed by atoms with Gasteiger partial charge in [-0.2, -0.15) is 0 Å². The minimum absolute atomic E-state index is 0.240. The third-order valence-corrected chi connectivity index (χ3v) is 9.95. The van der Waals surface area contributed by atoms with Crippen LogP contribution < -0.4 is 0 Å². The zero-order valence-electron chi connectivity index (χ0n) is 18.7. The summed E-state index contributed by atoms with van der Waals surface area (Å²) < 4.78 is 18.6. The van der Waals surface area contributed by atoms with Gasteiger partial charge in [-0.15, -0.1) is 0 Å². The molecule has 0 aromatic carbocycles. The highest BCUT2D eigenvalue weighted by atomic mass is 32.2. The molecular formula is C24H44N2O2S. The summed E-state index contributed by atoms with van der Waals surface area (Å²) in [7, 11) is 0. The molecule has 4 rings (SSSR count). The van der Waals surface area contributed by atoms with Gasteiger partial charge in [0.2, 0.25) is 0 Å². The van der Waals surface area contributed by atoms with Gasteiger partial charge in [-0.05, 0) is 64.2 Å². The molecule has 1 aliphatic heterocycles. The van der Waals surface area contributed by atoms with Crippen LogP contribution >= 0.6 is 0 Å². The lowest BCUT2D eigenvalue weighted by atomic mass is 9.82. The standard InChI is InChI=1S/C24H44N2O2S/c1-20(25-16-18-26(19-17-25)22-8-4-2-5-9-22)21-12-14-23(15-13-21)28-29(27)24-10-6-3-7-11-24/h20-24H,2-19H2,1H3. The van der Waals surface area contributed by atoms with Gasteiger partial charge in [0.1, 0.15) is 0 Å². The first-order valence-electron chi connectivity index (χ1n) is 12.8. The van der Waals surface area contributed by atoms with Crippen molar-refractivity contribution in [3.63, 3.8) is 0 Å². The van der Waals surface area contributed by atoms with Gasteiger partial charge in [-0.25, -0.2) is 4.21 Å². The van der Waals surface area contributed by atoms with Crippen LogP contribution in [0, 0.1) is 5.92 Å². The normalized spacial score (nSPS) is 34.1. The van der Waals surface area contributed by atoms with Crippen molar-refractivity contribution in [3.8, 4) is 0 Å². The Morgan fingerprint density at radius 2 is 1.34 bits per heavy atom.